The molecule has 2 heterocycles. The van der Waals surface area contributed by atoms with Gasteiger partial charge in [-0.3, -0.25) is 4.98 Å². The van der Waals surface area contributed by atoms with Crippen LogP contribution in [0, 0.1) is 0 Å². The summed E-state index contributed by atoms with van der Waals surface area (Å²) in [5.41, 5.74) is 3.06. The molecule has 1 fully saturated rings. The molecule has 7 nitrogen and oxygen atoms in total. The van der Waals surface area contributed by atoms with Gasteiger partial charge in [0.05, 0.1) is 6.04 Å². The number of anilines is 2. The van der Waals surface area contributed by atoms with Crippen LogP contribution < -0.4 is 15.5 Å². The Kier molecular flexibility index (Phi) is 5.29. The van der Waals surface area contributed by atoms with Gasteiger partial charge in [0.2, 0.25) is 0 Å². The fraction of sp³-hybridized carbons (Fsp3) is 0.364. The summed E-state index contributed by atoms with van der Waals surface area (Å²) < 4.78 is 1.52. The molecule has 0 saturated carbocycles. The zero-order valence-corrected chi connectivity index (χ0v) is 16.9. The average Bonchev–Trinajstić information content (AvgIpc) is 3.16. The van der Waals surface area contributed by atoms with Crippen molar-refractivity contribution in [2.24, 2.45) is 0 Å². The molecule has 7 heteroatoms. The third-order valence-electron chi connectivity index (χ3n) is 5.65. The third-order valence-corrected chi connectivity index (χ3v) is 5.65. The average molecular weight is 393 g/mol. The van der Waals surface area contributed by atoms with E-state index in [0.29, 0.717) is 11.6 Å². The second-order valence-electron chi connectivity index (χ2n) is 7.52. The highest BCUT2D eigenvalue weighted by Gasteiger charge is 2.18. The molecule has 1 saturated heterocycles. The molecule has 0 unspecified atom stereocenters. The Morgan fingerprint density at radius 2 is 1.48 bits per heavy atom. The molecule has 2 N–H and O–H groups in total. The number of benzene rings is 2. The first-order chi connectivity index (χ1) is 14.0. The topological polar surface area (TPSA) is 77.4 Å². The first-order valence-electron chi connectivity index (χ1n) is 10.1. The first kappa shape index (κ1) is 19.1. The second kappa shape index (κ2) is 8.03. The van der Waals surface area contributed by atoms with Crippen molar-refractivity contribution in [2.75, 3.05) is 36.0 Å². The quantitative estimate of drug-likeness (QED) is 0.696. The Bertz CT molecular complexity index is 999. The predicted molar refractivity (Wildman–Crippen MR) is 116 cm³/mol. The summed E-state index contributed by atoms with van der Waals surface area (Å²) in [6, 6.07) is 15.7. The smallest absolute Gasteiger partial charge is 0.343 e. The molecule has 3 aromatic rings. The van der Waals surface area contributed by atoms with E-state index in [4.69, 9.17) is 0 Å². The van der Waals surface area contributed by atoms with Crippen LogP contribution in [0.5, 0.6) is 5.75 Å². The molecule has 2 aromatic carbocycles. The number of aromatic nitrogens is 3. The van der Waals surface area contributed by atoms with Crippen molar-refractivity contribution >= 4 is 11.4 Å². The van der Waals surface area contributed by atoms with Crippen molar-refractivity contribution in [2.45, 2.75) is 26.3 Å². The lowest BCUT2D eigenvalue weighted by Gasteiger charge is -2.37. The second-order valence-corrected chi connectivity index (χ2v) is 7.52. The van der Waals surface area contributed by atoms with Gasteiger partial charge in [0.1, 0.15) is 5.75 Å². The molecule has 0 amide bonds. The Hall–Kier alpha value is -3.22. The van der Waals surface area contributed by atoms with Crippen molar-refractivity contribution < 1.29 is 5.11 Å². The zero-order valence-electron chi connectivity index (χ0n) is 16.9. The number of hydrogen-bond donors (Lipinski definition) is 2. The van der Waals surface area contributed by atoms with E-state index in [9.17, 15) is 9.90 Å². The first-order valence-corrected chi connectivity index (χ1v) is 10.1. The Morgan fingerprint density at radius 1 is 0.966 bits per heavy atom. The van der Waals surface area contributed by atoms with Gasteiger partial charge in [0.15, 0.2) is 5.82 Å². The van der Waals surface area contributed by atoms with Gasteiger partial charge in [-0.05, 0) is 61.9 Å². The minimum atomic E-state index is -0.163. The number of phenols is 1. The number of hydrogen-bond acceptors (Lipinski definition) is 5. The van der Waals surface area contributed by atoms with Gasteiger partial charge in [-0.25, -0.2) is 9.48 Å². The highest BCUT2D eigenvalue weighted by molar-refractivity contribution is 5.61. The fourth-order valence-electron chi connectivity index (χ4n) is 3.65. The summed E-state index contributed by atoms with van der Waals surface area (Å²) in [7, 11) is 0. The number of phenolic OH excluding ortho intramolecular Hbond substituents is 1. The number of nitrogens with zero attached hydrogens (tertiary/aromatic N) is 4. The summed E-state index contributed by atoms with van der Waals surface area (Å²) in [6.07, 6.45) is 0.860. The third kappa shape index (κ3) is 3.99. The molecule has 4 rings (SSSR count). The van der Waals surface area contributed by atoms with E-state index >= 15 is 0 Å². The molecule has 152 valence electrons. The van der Waals surface area contributed by atoms with E-state index in [2.05, 4.69) is 32.0 Å². The van der Waals surface area contributed by atoms with E-state index in [1.807, 2.05) is 38.1 Å². The van der Waals surface area contributed by atoms with Crippen LogP contribution in [0.1, 0.15) is 26.3 Å². The van der Waals surface area contributed by atoms with Crippen LogP contribution >= 0.6 is 0 Å². The molecule has 0 radical (unpaired) electrons. The minimum absolute atomic E-state index is 0.0802. The van der Waals surface area contributed by atoms with Gasteiger partial charge in [-0.1, -0.05) is 6.92 Å². The highest BCUT2D eigenvalue weighted by Crippen LogP contribution is 2.24. The lowest BCUT2D eigenvalue weighted by atomic mass is 10.1. The van der Waals surface area contributed by atoms with E-state index in [1.54, 1.807) is 12.1 Å². The van der Waals surface area contributed by atoms with Crippen molar-refractivity contribution in [3.8, 4) is 17.1 Å². The van der Waals surface area contributed by atoms with Crippen molar-refractivity contribution in [1.82, 2.24) is 14.8 Å². The lowest BCUT2D eigenvalue weighted by Crippen LogP contribution is -2.46. The normalized spacial score (nSPS) is 15.5. The van der Waals surface area contributed by atoms with Gasteiger partial charge >= 0.3 is 5.69 Å². The maximum Gasteiger partial charge on any atom is 0.343 e. The monoisotopic (exact) mass is 393 g/mol. The molecule has 1 aliphatic rings. The molecular formula is C22H27N5O2. The highest BCUT2D eigenvalue weighted by atomic mass is 16.3. The SMILES string of the molecule is CC[C@@H](C)n1nc(-c2ccc(N3CCN(c4ccc(O)cc4)CC3)cc2)[nH]c1=O. The Labute approximate surface area is 170 Å². The Balaban J connectivity index is 1.42. The van der Waals surface area contributed by atoms with E-state index in [1.165, 1.54) is 10.4 Å². The molecule has 0 aliphatic carbocycles. The summed E-state index contributed by atoms with van der Waals surface area (Å²) in [6.45, 7) is 7.76. The zero-order chi connectivity index (χ0) is 20.4. The minimum Gasteiger partial charge on any atom is -0.508 e. The summed E-state index contributed by atoms with van der Waals surface area (Å²) in [5.74, 6) is 0.904. The number of nitrogens with one attached hydrogen (secondary N) is 1. The molecular weight excluding hydrogens is 366 g/mol. The largest absolute Gasteiger partial charge is 0.508 e. The molecule has 0 bridgehead atoms. The van der Waals surface area contributed by atoms with Crippen LogP contribution in [-0.2, 0) is 0 Å². The van der Waals surface area contributed by atoms with Gasteiger partial charge in [0.25, 0.3) is 0 Å². The van der Waals surface area contributed by atoms with Crippen LogP contribution in [0.15, 0.2) is 53.3 Å². The Morgan fingerprint density at radius 3 is 2.00 bits per heavy atom. The van der Waals surface area contributed by atoms with Crippen LogP contribution in [0.25, 0.3) is 11.4 Å². The summed E-state index contributed by atoms with van der Waals surface area (Å²) in [4.78, 5) is 19.7. The maximum atomic E-state index is 12.1. The summed E-state index contributed by atoms with van der Waals surface area (Å²) in [5, 5.41) is 13.9. The number of rotatable bonds is 5. The number of aromatic amines is 1. The van der Waals surface area contributed by atoms with Crippen molar-refractivity contribution in [1.29, 1.82) is 0 Å². The van der Waals surface area contributed by atoms with E-state index in [-0.39, 0.29) is 11.7 Å². The number of aromatic hydroxyl groups is 1. The van der Waals surface area contributed by atoms with Gasteiger partial charge in [0, 0.05) is 43.1 Å². The predicted octanol–water partition coefficient (Wildman–Crippen LogP) is 3.24. The van der Waals surface area contributed by atoms with Crippen LogP contribution in [-0.4, -0.2) is 46.1 Å². The maximum absolute atomic E-state index is 12.1. The van der Waals surface area contributed by atoms with Crippen LogP contribution in [0.4, 0.5) is 11.4 Å². The van der Waals surface area contributed by atoms with Gasteiger partial charge in [-0.15, -0.1) is 5.10 Å². The van der Waals surface area contributed by atoms with Crippen LogP contribution in [0.2, 0.25) is 0 Å². The molecule has 1 atom stereocenters. The number of H-pyrrole nitrogens is 1. The molecule has 1 aliphatic heterocycles. The number of piperazine rings is 1. The molecule has 29 heavy (non-hydrogen) atoms. The van der Waals surface area contributed by atoms with E-state index in [0.717, 1.165) is 43.9 Å². The lowest BCUT2D eigenvalue weighted by molar-refractivity contribution is 0.463. The van der Waals surface area contributed by atoms with Gasteiger partial charge < -0.3 is 14.9 Å². The van der Waals surface area contributed by atoms with Crippen molar-refractivity contribution in [3.63, 3.8) is 0 Å². The van der Waals surface area contributed by atoms with Gasteiger partial charge in [-0.2, -0.15) is 0 Å². The van der Waals surface area contributed by atoms with E-state index < -0.39 is 0 Å². The summed E-state index contributed by atoms with van der Waals surface area (Å²) >= 11 is 0. The fourth-order valence-corrected chi connectivity index (χ4v) is 3.65. The standard InChI is InChI=1S/C22H27N5O2/c1-3-16(2)27-22(29)23-21(24-27)17-4-6-18(7-5-17)25-12-14-26(15-13-25)19-8-10-20(28)11-9-19/h4-11,16,28H,3,12-15H2,1-2H3,(H,23,24,29)/t16-/m1/s1. The molecule has 1 aromatic heterocycles. The van der Waals surface area contributed by atoms with Crippen molar-refractivity contribution in [3.05, 3.63) is 59.0 Å². The van der Waals surface area contributed by atoms with Crippen LogP contribution in [0.3, 0.4) is 0 Å². The molecule has 0 spiro atoms.